The summed E-state index contributed by atoms with van der Waals surface area (Å²) in [6.07, 6.45) is 3.77. The van der Waals surface area contributed by atoms with E-state index in [-0.39, 0.29) is 18.2 Å². The van der Waals surface area contributed by atoms with E-state index in [0.717, 1.165) is 11.1 Å². The van der Waals surface area contributed by atoms with Crippen molar-refractivity contribution in [2.45, 2.75) is 26.9 Å². The first kappa shape index (κ1) is 21.6. The van der Waals surface area contributed by atoms with E-state index in [2.05, 4.69) is 17.1 Å². The lowest BCUT2D eigenvalue weighted by Crippen LogP contribution is -2.12. The first-order chi connectivity index (χ1) is 13.9. The van der Waals surface area contributed by atoms with Gasteiger partial charge in [-0.15, -0.1) is 6.58 Å². The van der Waals surface area contributed by atoms with Gasteiger partial charge in [-0.2, -0.15) is 5.10 Å². The maximum absolute atomic E-state index is 11.0. The van der Waals surface area contributed by atoms with E-state index in [9.17, 15) is 14.9 Å². The number of nitro groups is 1. The van der Waals surface area contributed by atoms with Gasteiger partial charge in [-0.3, -0.25) is 14.9 Å². The van der Waals surface area contributed by atoms with Crippen LogP contribution in [0.4, 0.5) is 5.69 Å². The normalized spacial score (nSPS) is 10.6. The summed E-state index contributed by atoms with van der Waals surface area (Å²) >= 11 is 0. The minimum Gasteiger partial charge on any atom is -0.490 e. The number of carbonyl (C=O) groups is 1. The van der Waals surface area contributed by atoms with Gasteiger partial charge in [0.05, 0.1) is 17.7 Å². The molecule has 0 heterocycles. The number of hydrogen-bond acceptors (Lipinski definition) is 6. The van der Waals surface area contributed by atoms with E-state index >= 15 is 0 Å². The summed E-state index contributed by atoms with van der Waals surface area (Å²) in [6, 6.07) is 9.90. The van der Waals surface area contributed by atoms with Crippen molar-refractivity contribution in [2.75, 3.05) is 6.61 Å². The van der Waals surface area contributed by atoms with Gasteiger partial charge in [-0.25, -0.2) is 5.43 Å². The monoisotopic (exact) mass is 397 g/mol. The fourth-order valence-corrected chi connectivity index (χ4v) is 2.60. The van der Waals surface area contributed by atoms with Crippen molar-refractivity contribution in [3.8, 4) is 11.5 Å². The molecule has 0 bridgehead atoms. The third-order valence-electron chi connectivity index (χ3n) is 3.76. The van der Waals surface area contributed by atoms with Gasteiger partial charge >= 0.3 is 0 Å². The molecule has 0 saturated carbocycles. The van der Waals surface area contributed by atoms with Crippen LogP contribution in [0.2, 0.25) is 0 Å². The molecule has 0 atom stereocenters. The number of nitro benzene ring substituents is 1. The van der Waals surface area contributed by atoms with E-state index in [1.807, 2.05) is 13.0 Å². The lowest BCUT2D eigenvalue weighted by Gasteiger charge is -2.16. The first-order valence-electron chi connectivity index (χ1n) is 9.01. The van der Waals surface area contributed by atoms with Crippen LogP contribution in [-0.2, 0) is 17.8 Å². The van der Waals surface area contributed by atoms with Crippen molar-refractivity contribution >= 4 is 17.8 Å². The van der Waals surface area contributed by atoms with Gasteiger partial charge < -0.3 is 9.47 Å². The summed E-state index contributed by atoms with van der Waals surface area (Å²) in [5, 5.41) is 14.8. The molecule has 0 aliphatic heterocycles. The van der Waals surface area contributed by atoms with Crippen molar-refractivity contribution in [2.24, 2.45) is 5.10 Å². The highest BCUT2D eigenvalue weighted by Gasteiger charge is 2.14. The molecular formula is C21H23N3O5. The molecule has 1 N–H and O–H groups in total. The molecule has 8 nitrogen and oxygen atoms in total. The van der Waals surface area contributed by atoms with Crippen LogP contribution >= 0.6 is 0 Å². The Bertz CT molecular complexity index is 925. The van der Waals surface area contributed by atoms with Gasteiger partial charge in [-0.05, 0) is 36.6 Å². The number of nitrogens with zero attached hydrogens (tertiary/aromatic N) is 2. The van der Waals surface area contributed by atoms with Crippen molar-refractivity contribution in [3.05, 3.63) is 75.9 Å². The number of ether oxygens (including phenoxy) is 2. The minimum absolute atomic E-state index is 0.00646. The molecular weight excluding hydrogens is 374 g/mol. The SMILES string of the molecule is C=CCc1cc(/C=N\NC(C)=O)cc(OCC)c1OCc1cccc([N+](=O)[O-])c1. The lowest BCUT2D eigenvalue weighted by atomic mass is 10.1. The highest BCUT2D eigenvalue weighted by atomic mass is 16.6. The summed E-state index contributed by atoms with van der Waals surface area (Å²) < 4.78 is 11.7. The molecule has 2 aromatic carbocycles. The van der Waals surface area contributed by atoms with Crippen LogP contribution < -0.4 is 14.9 Å². The Morgan fingerprint density at radius 3 is 2.76 bits per heavy atom. The van der Waals surface area contributed by atoms with E-state index in [1.54, 1.807) is 24.3 Å². The summed E-state index contributed by atoms with van der Waals surface area (Å²) in [7, 11) is 0. The van der Waals surface area contributed by atoms with Crippen molar-refractivity contribution < 1.29 is 19.2 Å². The maximum atomic E-state index is 11.0. The van der Waals surface area contributed by atoms with Crippen LogP contribution in [0.1, 0.15) is 30.5 Å². The summed E-state index contributed by atoms with van der Waals surface area (Å²) in [5.41, 5.74) is 4.58. The molecule has 0 spiro atoms. The van der Waals surface area contributed by atoms with Crippen LogP contribution in [0.25, 0.3) is 0 Å². The third kappa shape index (κ3) is 6.46. The highest BCUT2D eigenvalue weighted by molar-refractivity contribution is 5.83. The Labute approximate surface area is 169 Å². The molecule has 0 fully saturated rings. The predicted octanol–water partition coefficient (Wildman–Crippen LogP) is 3.77. The summed E-state index contributed by atoms with van der Waals surface area (Å²) in [6.45, 7) is 7.57. The Balaban J connectivity index is 2.33. The molecule has 8 heteroatoms. The van der Waals surface area contributed by atoms with Gasteiger partial charge in [-0.1, -0.05) is 18.2 Å². The Morgan fingerprint density at radius 2 is 2.10 bits per heavy atom. The van der Waals surface area contributed by atoms with E-state index in [0.29, 0.717) is 30.1 Å². The number of rotatable bonds is 10. The second kappa shape index (κ2) is 10.6. The molecule has 2 rings (SSSR count). The Kier molecular flexibility index (Phi) is 7.90. The highest BCUT2D eigenvalue weighted by Crippen LogP contribution is 2.34. The topological polar surface area (TPSA) is 103 Å². The molecule has 2 aromatic rings. The number of benzene rings is 2. The summed E-state index contributed by atoms with van der Waals surface area (Å²) in [4.78, 5) is 21.5. The molecule has 0 radical (unpaired) electrons. The van der Waals surface area contributed by atoms with E-state index in [4.69, 9.17) is 9.47 Å². The lowest BCUT2D eigenvalue weighted by molar-refractivity contribution is -0.384. The zero-order valence-electron chi connectivity index (χ0n) is 16.4. The standard InChI is InChI=1S/C21H23N3O5/c1-4-7-18-10-17(13-22-23-15(3)25)12-20(28-5-2)21(18)29-14-16-8-6-9-19(11-16)24(26)27/h4,6,8-13H,1,5,7,14H2,2-3H3,(H,23,25)/b22-13-. The molecule has 1 amide bonds. The minimum atomic E-state index is -0.443. The number of carbonyl (C=O) groups excluding carboxylic acids is 1. The van der Waals surface area contributed by atoms with Crippen LogP contribution in [-0.4, -0.2) is 23.7 Å². The van der Waals surface area contributed by atoms with Crippen molar-refractivity contribution in [1.82, 2.24) is 5.43 Å². The number of hydrogen-bond donors (Lipinski definition) is 1. The molecule has 29 heavy (non-hydrogen) atoms. The van der Waals surface area contributed by atoms with Crippen molar-refractivity contribution in [3.63, 3.8) is 0 Å². The number of hydrazone groups is 1. The number of nitrogens with one attached hydrogen (secondary N) is 1. The zero-order chi connectivity index (χ0) is 21.2. The molecule has 0 aliphatic carbocycles. The average molecular weight is 397 g/mol. The second-order valence-electron chi connectivity index (χ2n) is 6.07. The van der Waals surface area contributed by atoms with Gasteiger partial charge in [0.25, 0.3) is 5.69 Å². The zero-order valence-corrected chi connectivity index (χ0v) is 16.4. The third-order valence-corrected chi connectivity index (χ3v) is 3.76. The fraction of sp³-hybridized carbons (Fsp3) is 0.238. The molecule has 0 saturated heterocycles. The van der Waals surface area contributed by atoms with Gasteiger partial charge in [0.2, 0.25) is 5.91 Å². The number of non-ortho nitro benzene ring substituents is 1. The summed E-state index contributed by atoms with van der Waals surface area (Å²) in [5.74, 6) is 0.783. The first-order valence-corrected chi connectivity index (χ1v) is 9.01. The smallest absolute Gasteiger partial charge is 0.269 e. The van der Waals surface area contributed by atoms with Crippen LogP contribution in [0.3, 0.4) is 0 Å². The second-order valence-corrected chi connectivity index (χ2v) is 6.07. The van der Waals surface area contributed by atoms with Gasteiger partial charge in [0.1, 0.15) is 6.61 Å². The number of amides is 1. The van der Waals surface area contributed by atoms with Crippen LogP contribution in [0, 0.1) is 10.1 Å². The van der Waals surface area contributed by atoms with Crippen molar-refractivity contribution in [1.29, 1.82) is 0 Å². The fourth-order valence-electron chi connectivity index (χ4n) is 2.60. The van der Waals surface area contributed by atoms with Crippen LogP contribution in [0.5, 0.6) is 11.5 Å². The molecule has 0 unspecified atom stereocenters. The van der Waals surface area contributed by atoms with E-state index < -0.39 is 4.92 Å². The van der Waals surface area contributed by atoms with Gasteiger partial charge in [0, 0.05) is 24.6 Å². The Hall–Kier alpha value is -3.68. The van der Waals surface area contributed by atoms with E-state index in [1.165, 1.54) is 25.3 Å². The predicted molar refractivity (Wildman–Crippen MR) is 110 cm³/mol. The molecule has 0 aliphatic rings. The van der Waals surface area contributed by atoms with Gasteiger partial charge in [0.15, 0.2) is 11.5 Å². The maximum Gasteiger partial charge on any atom is 0.269 e. The van der Waals surface area contributed by atoms with Crippen LogP contribution in [0.15, 0.2) is 54.2 Å². The average Bonchev–Trinajstić information content (AvgIpc) is 2.68. The Morgan fingerprint density at radius 1 is 1.31 bits per heavy atom. The molecule has 152 valence electrons. The quantitative estimate of drug-likeness (QED) is 0.284. The largest absolute Gasteiger partial charge is 0.490 e. The molecule has 0 aromatic heterocycles. The number of allylic oxidation sites excluding steroid dienone is 1.